The third kappa shape index (κ3) is 1.75. The van der Waals surface area contributed by atoms with Gasteiger partial charge in [-0.1, -0.05) is 11.3 Å². The van der Waals surface area contributed by atoms with E-state index in [4.69, 9.17) is 0 Å². The standard InChI is InChI=1S/C11H15N5S/c1-2-8(12-5-1)6-9-15-16-10(7-3-4-7)13-14-11(16)17-9/h7-8,12H,1-6H2. The van der Waals surface area contributed by atoms with Crippen molar-refractivity contribution in [1.82, 2.24) is 25.1 Å². The Morgan fingerprint density at radius 3 is 3.00 bits per heavy atom. The van der Waals surface area contributed by atoms with Gasteiger partial charge in [-0.05, 0) is 32.2 Å². The lowest BCUT2D eigenvalue weighted by Crippen LogP contribution is -2.23. The molecule has 1 atom stereocenters. The number of hydrogen-bond donors (Lipinski definition) is 1. The molecular weight excluding hydrogens is 234 g/mol. The van der Waals surface area contributed by atoms with E-state index in [1.165, 1.54) is 30.7 Å². The van der Waals surface area contributed by atoms with Crippen LogP contribution in [0.3, 0.4) is 0 Å². The zero-order chi connectivity index (χ0) is 11.2. The molecule has 5 nitrogen and oxygen atoms in total. The van der Waals surface area contributed by atoms with Crippen molar-refractivity contribution >= 4 is 16.3 Å². The summed E-state index contributed by atoms with van der Waals surface area (Å²) in [7, 11) is 0. The van der Waals surface area contributed by atoms with Gasteiger partial charge in [0.1, 0.15) is 5.01 Å². The van der Waals surface area contributed by atoms with Gasteiger partial charge in [-0.3, -0.25) is 0 Å². The first-order valence-electron chi connectivity index (χ1n) is 6.34. The van der Waals surface area contributed by atoms with Crippen LogP contribution in [0.25, 0.3) is 4.96 Å². The highest BCUT2D eigenvalue weighted by atomic mass is 32.1. The molecule has 0 radical (unpaired) electrons. The summed E-state index contributed by atoms with van der Waals surface area (Å²) < 4.78 is 1.96. The highest BCUT2D eigenvalue weighted by molar-refractivity contribution is 7.16. The molecule has 90 valence electrons. The zero-order valence-electron chi connectivity index (χ0n) is 9.59. The quantitative estimate of drug-likeness (QED) is 0.892. The molecule has 1 aliphatic heterocycles. The molecule has 1 unspecified atom stereocenters. The Labute approximate surface area is 103 Å². The maximum atomic E-state index is 4.67. The second-order valence-corrected chi connectivity index (χ2v) is 6.06. The Hall–Kier alpha value is -1.01. The highest BCUT2D eigenvalue weighted by Crippen LogP contribution is 2.39. The minimum absolute atomic E-state index is 0.614. The number of aromatic nitrogens is 4. The van der Waals surface area contributed by atoms with Crippen molar-refractivity contribution in [3.05, 3.63) is 10.8 Å². The van der Waals surface area contributed by atoms with Crippen molar-refractivity contribution in [2.75, 3.05) is 6.54 Å². The van der Waals surface area contributed by atoms with Crippen LogP contribution in [-0.4, -0.2) is 32.4 Å². The lowest BCUT2D eigenvalue weighted by molar-refractivity contribution is 0.595. The Morgan fingerprint density at radius 2 is 2.24 bits per heavy atom. The van der Waals surface area contributed by atoms with Crippen molar-refractivity contribution in [3.8, 4) is 0 Å². The van der Waals surface area contributed by atoms with Crippen molar-refractivity contribution in [3.63, 3.8) is 0 Å². The van der Waals surface area contributed by atoms with E-state index in [0.717, 1.165) is 23.8 Å². The Kier molecular flexibility index (Phi) is 2.19. The Balaban J connectivity index is 1.62. The van der Waals surface area contributed by atoms with Crippen molar-refractivity contribution < 1.29 is 0 Å². The van der Waals surface area contributed by atoms with Gasteiger partial charge in [0.25, 0.3) is 0 Å². The Bertz CT molecular complexity index is 535. The molecular formula is C11H15N5S. The summed E-state index contributed by atoms with van der Waals surface area (Å²) in [6.45, 7) is 1.15. The molecule has 2 aromatic rings. The summed E-state index contributed by atoms with van der Waals surface area (Å²) in [5.74, 6) is 1.69. The van der Waals surface area contributed by atoms with Crippen LogP contribution in [-0.2, 0) is 6.42 Å². The van der Waals surface area contributed by atoms with E-state index < -0.39 is 0 Å². The van der Waals surface area contributed by atoms with Gasteiger partial charge >= 0.3 is 0 Å². The summed E-state index contributed by atoms with van der Waals surface area (Å²) in [5, 5.41) is 17.8. The van der Waals surface area contributed by atoms with E-state index in [9.17, 15) is 0 Å². The predicted molar refractivity (Wildman–Crippen MR) is 65.4 cm³/mol. The molecule has 0 spiro atoms. The normalized spacial score (nSPS) is 24.8. The van der Waals surface area contributed by atoms with Crippen molar-refractivity contribution in [2.24, 2.45) is 0 Å². The van der Waals surface area contributed by atoms with Gasteiger partial charge in [-0.2, -0.15) is 9.61 Å². The molecule has 2 fully saturated rings. The first-order chi connectivity index (χ1) is 8.40. The molecule has 0 amide bonds. The monoisotopic (exact) mass is 249 g/mol. The van der Waals surface area contributed by atoms with Crippen molar-refractivity contribution in [2.45, 2.75) is 44.1 Å². The molecule has 6 heteroatoms. The first-order valence-corrected chi connectivity index (χ1v) is 7.16. The molecule has 2 aliphatic rings. The van der Waals surface area contributed by atoms with E-state index in [-0.39, 0.29) is 0 Å². The third-order valence-electron chi connectivity index (χ3n) is 3.58. The minimum Gasteiger partial charge on any atom is -0.314 e. The maximum absolute atomic E-state index is 4.67. The fourth-order valence-electron chi connectivity index (χ4n) is 2.49. The summed E-state index contributed by atoms with van der Waals surface area (Å²) in [6.07, 6.45) is 6.10. The van der Waals surface area contributed by atoms with Crippen LogP contribution in [0.2, 0.25) is 0 Å². The van der Waals surface area contributed by atoms with Gasteiger partial charge in [-0.15, -0.1) is 10.2 Å². The van der Waals surface area contributed by atoms with E-state index in [1.807, 2.05) is 4.52 Å². The van der Waals surface area contributed by atoms with Crippen LogP contribution in [0, 0.1) is 0 Å². The van der Waals surface area contributed by atoms with Crippen LogP contribution in [0.1, 0.15) is 42.4 Å². The van der Waals surface area contributed by atoms with Crippen LogP contribution in [0.4, 0.5) is 0 Å². The molecule has 0 aromatic carbocycles. The number of nitrogens with one attached hydrogen (secondary N) is 1. The third-order valence-corrected chi connectivity index (χ3v) is 4.50. The molecule has 1 saturated carbocycles. The molecule has 2 aromatic heterocycles. The van der Waals surface area contributed by atoms with Gasteiger partial charge in [0.15, 0.2) is 5.82 Å². The fraction of sp³-hybridized carbons (Fsp3) is 0.727. The van der Waals surface area contributed by atoms with E-state index in [2.05, 4.69) is 20.6 Å². The minimum atomic E-state index is 0.614. The lowest BCUT2D eigenvalue weighted by Gasteiger charge is -2.05. The smallest absolute Gasteiger partial charge is 0.234 e. The number of hydrogen-bond acceptors (Lipinski definition) is 5. The largest absolute Gasteiger partial charge is 0.314 e. The second-order valence-electron chi connectivity index (χ2n) is 5.02. The summed E-state index contributed by atoms with van der Waals surface area (Å²) in [4.78, 5) is 0.958. The maximum Gasteiger partial charge on any atom is 0.234 e. The fourth-order valence-corrected chi connectivity index (χ4v) is 3.41. The molecule has 1 saturated heterocycles. The SMILES string of the molecule is C1CNC(Cc2nn3c(C4CC4)nnc3s2)C1. The lowest BCUT2D eigenvalue weighted by atomic mass is 10.2. The topological polar surface area (TPSA) is 55.1 Å². The number of rotatable bonds is 3. The molecule has 17 heavy (non-hydrogen) atoms. The zero-order valence-corrected chi connectivity index (χ0v) is 10.4. The number of fused-ring (bicyclic) bond motifs is 1. The predicted octanol–water partition coefficient (Wildman–Crippen LogP) is 1.36. The molecule has 4 rings (SSSR count). The molecule has 1 aliphatic carbocycles. The summed E-state index contributed by atoms with van der Waals surface area (Å²) in [6, 6.07) is 0.614. The van der Waals surface area contributed by atoms with Crippen molar-refractivity contribution in [1.29, 1.82) is 0 Å². The van der Waals surface area contributed by atoms with Crippen LogP contribution < -0.4 is 5.32 Å². The van der Waals surface area contributed by atoms with Gasteiger partial charge in [-0.25, -0.2) is 0 Å². The molecule has 3 heterocycles. The average molecular weight is 249 g/mol. The van der Waals surface area contributed by atoms with E-state index >= 15 is 0 Å². The van der Waals surface area contributed by atoms with Gasteiger partial charge in [0, 0.05) is 18.4 Å². The summed E-state index contributed by atoms with van der Waals surface area (Å²) in [5.41, 5.74) is 0. The average Bonchev–Trinajstić information content (AvgIpc) is 2.76. The van der Waals surface area contributed by atoms with Gasteiger partial charge < -0.3 is 5.32 Å². The Morgan fingerprint density at radius 1 is 1.29 bits per heavy atom. The number of nitrogens with zero attached hydrogens (tertiary/aromatic N) is 4. The first kappa shape index (κ1) is 9.96. The highest BCUT2D eigenvalue weighted by Gasteiger charge is 2.30. The second kappa shape index (κ2) is 3.74. The van der Waals surface area contributed by atoms with Gasteiger partial charge in [0.05, 0.1) is 0 Å². The van der Waals surface area contributed by atoms with Crippen LogP contribution in [0.15, 0.2) is 0 Å². The molecule has 0 bridgehead atoms. The van der Waals surface area contributed by atoms with E-state index in [0.29, 0.717) is 12.0 Å². The van der Waals surface area contributed by atoms with Gasteiger partial charge in [0.2, 0.25) is 4.96 Å². The van der Waals surface area contributed by atoms with Crippen LogP contribution in [0.5, 0.6) is 0 Å². The summed E-state index contributed by atoms with van der Waals surface area (Å²) >= 11 is 1.69. The van der Waals surface area contributed by atoms with E-state index in [1.54, 1.807) is 11.3 Å². The van der Waals surface area contributed by atoms with Crippen LogP contribution >= 0.6 is 11.3 Å². The molecule has 1 N–H and O–H groups in total.